The van der Waals surface area contributed by atoms with Crippen LogP contribution in [0, 0.1) is 0 Å². The molecule has 1 aromatic carbocycles. The largest absolute Gasteiger partial charge is 0.479 e. The molecule has 0 bridgehead atoms. The number of fused-ring (bicyclic) bond motifs is 1. The first kappa shape index (κ1) is 16.9. The van der Waals surface area contributed by atoms with Gasteiger partial charge in [0.15, 0.2) is 11.8 Å². The minimum atomic E-state index is -0.537. The summed E-state index contributed by atoms with van der Waals surface area (Å²) in [6, 6.07) is 5.06. The molecule has 2 N–H and O–H groups in total. The summed E-state index contributed by atoms with van der Waals surface area (Å²) in [6.45, 7) is 3.12. The molecule has 132 valence electrons. The number of amides is 2. The van der Waals surface area contributed by atoms with Crippen LogP contribution < -0.4 is 15.4 Å². The van der Waals surface area contributed by atoms with Gasteiger partial charge in [0.05, 0.1) is 18.4 Å². The number of nitrogens with zero attached hydrogens (tertiary/aromatic N) is 4. The molecule has 1 aliphatic rings. The molecule has 2 heterocycles. The van der Waals surface area contributed by atoms with Crippen LogP contribution in [0.4, 0.5) is 11.4 Å². The highest BCUT2D eigenvalue weighted by Gasteiger charge is 2.23. The zero-order valence-electron chi connectivity index (χ0n) is 14.3. The fourth-order valence-electron chi connectivity index (χ4n) is 2.30. The van der Waals surface area contributed by atoms with Crippen LogP contribution in [0.25, 0.3) is 0 Å². The van der Waals surface area contributed by atoms with Crippen molar-refractivity contribution in [2.45, 2.75) is 19.6 Å². The monoisotopic (exact) mass is 344 g/mol. The second-order valence-electron chi connectivity index (χ2n) is 6.08. The number of rotatable bonds is 5. The van der Waals surface area contributed by atoms with E-state index in [-0.39, 0.29) is 17.5 Å². The Hall–Kier alpha value is -2.94. The third kappa shape index (κ3) is 3.94. The normalized spacial score (nSPS) is 16.2. The third-order valence-electron chi connectivity index (χ3n) is 3.72. The van der Waals surface area contributed by atoms with Gasteiger partial charge >= 0.3 is 0 Å². The molecule has 0 fully saturated rings. The van der Waals surface area contributed by atoms with Crippen LogP contribution in [-0.2, 0) is 11.3 Å². The lowest BCUT2D eigenvalue weighted by atomic mass is 10.2. The first-order chi connectivity index (χ1) is 11.9. The van der Waals surface area contributed by atoms with Crippen LogP contribution in [0.3, 0.4) is 0 Å². The van der Waals surface area contributed by atoms with E-state index >= 15 is 0 Å². The fourth-order valence-corrected chi connectivity index (χ4v) is 2.30. The number of anilines is 2. The van der Waals surface area contributed by atoms with E-state index in [1.54, 1.807) is 36.0 Å². The Bertz CT molecular complexity index is 801. The van der Waals surface area contributed by atoms with Crippen molar-refractivity contribution in [1.29, 1.82) is 0 Å². The standard InChI is InChI=1S/C16H20N6O3/c1-10-15(23)18-12-8-11(4-5-14(12)25-10)17-16(24)13-9-22(20-19-13)7-6-21(2)3/h4-5,8-10H,6-7H2,1-3H3,(H,17,24)(H,18,23). The number of likely N-dealkylation sites (N-methyl/N-ethyl adjacent to an activating group) is 1. The predicted molar refractivity (Wildman–Crippen MR) is 91.7 cm³/mol. The summed E-state index contributed by atoms with van der Waals surface area (Å²) < 4.78 is 7.11. The van der Waals surface area contributed by atoms with Gasteiger partial charge in [-0.2, -0.15) is 0 Å². The number of nitrogens with one attached hydrogen (secondary N) is 2. The van der Waals surface area contributed by atoms with Crippen LogP contribution >= 0.6 is 0 Å². The lowest BCUT2D eigenvalue weighted by molar-refractivity contribution is -0.122. The van der Waals surface area contributed by atoms with E-state index in [9.17, 15) is 9.59 Å². The van der Waals surface area contributed by atoms with Gasteiger partial charge in [-0.3, -0.25) is 14.3 Å². The SMILES string of the molecule is CC1Oc2ccc(NC(=O)c3cn(CCN(C)C)nn3)cc2NC1=O. The first-order valence-electron chi connectivity index (χ1n) is 7.90. The average Bonchev–Trinajstić information content (AvgIpc) is 3.03. The van der Waals surface area contributed by atoms with Crippen molar-refractivity contribution in [1.82, 2.24) is 19.9 Å². The smallest absolute Gasteiger partial charge is 0.277 e. The summed E-state index contributed by atoms with van der Waals surface area (Å²) in [7, 11) is 3.92. The van der Waals surface area contributed by atoms with Gasteiger partial charge in [-0.1, -0.05) is 5.21 Å². The van der Waals surface area contributed by atoms with E-state index in [2.05, 4.69) is 20.9 Å². The van der Waals surface area contributed by atoms with Crippen molar-refractivity contribution in [3.63, 3.8) is 0 Å². The minimum Gasteiger partial charge on any atom is -0.479 e. The van der Waals surface area contributed by atoms with E-state index in [0.717, 1.165) is 6.54 Å². The Morgan fingerprint density at radius 3 is 3.00 bits per heavy atom. The van der Waals surface area contributed by atoms with Crippen LogP contribution in [-0.4, -0.2) is 58.5 Å². The summed E-state index contributed by atoms with van der Waals surface area (Å²) in [6.07, 6.45) is 1.06. The average molecular weight is 344 g/mol. The number of aromatic nitrogens is 3. The van der Waals surface area contributed by atoms with Gasteiger partial charge in [-0.25, -0.2) is 0 Å². The predicted octanol–water partition coefficient (Wildman–Crippen LogP) is 0.811. The highest BCUT2D eigenvalue weighted by Crippen LogP contribution is 2.32. The molecule has 1 aromatic heterocycles. The van der Waals surface area contributed by atoms with Crippen LogP contribution in [0.1, 0.15) is 17.4 Å². The van der Waals surface area contributed by atoms with Crippen LogP contribution in [0.5, 0.6) is 5.75 Å². The number of carbonyl (C=O) groups excluding carboxylic acids is 2. The summed E-state index contributed by atoms with van der Waals surface area (Å²) >= 11 is 0. The molecule has 2 aromatic rings. The zero-order chi connectivity index (χ0) is 18.0. The van der Waals surface area contributed by atoms with Gasteiger partial charge < -0.3 is 20.3 Å². The summed E-state index contributed by atoms with van der Waals surface area (Å²) in [5.41, 5.74) is 1.28. The minimum absolute atomic E-state index is 0.222. The van der Waals surface area contributed by atoms with Crippen LogP contribution in [0.15, 0.2) is 24.4 Å². The van der Waals surface area contributed by atoms with Crippen molar-refractivity contribution in [2.75, 3.05) is 31.3 Å². The van der Waals surface area contributed by atoms with Gasteiger partial charge in [0.1, 0.15) is 5.75 Å². The summed E-state index contributed by atoms with van der Waals surface area (Å²) in [5, 5.41) is 13.3. The topological polar surface area (TPSA) is 101 Å². The van der Waals surface area contributed by atoms with E-state index in [1.807, 2.05) is 19.0 Å². The van der Waals surface area contributed by atoms with Crippen molar-refractivity contribution >= 4 is 23.2 Å². The summed E-state index contributed by atoms with van der Waals surface area (Å²) in [4.78, 5) is 26.0. The molecular weight excluding hydrogens is 324 g/mol. The molecule has 2 amide bonds. The van der Waals surface area contributed by atoms with Crippen molar-refractivity contribution in [3.05, 3.63) is 30.1 Å². The Morgan fingerprint density at radius 2 is 2.24 bits per heavy atom. The molecule has 0 spiro atoms. The second kappa shape index (κ2) is 6.89. The molecule has 1 unspecified atom stereocenters. The molecule has 9 nitrogen and oxygen atoms in total. The number of hydrogen-bond acceptors (Lipinski definition) is 6. The maximum absolute atomic E-state index is 12.3. The molecule has 0 aliphatic carbocycles. The Balaban J connectivity index is 1.67. The van der Waals surface area contributed by atoms with Crippen LogP contribution in [0.2, 0.25) is 0 Å². The van der Waals surface area contributed by atoms with Gasteiger partial charge in [0.25, 0.3) is 11.8 Å². The van der Waals surface area contributed by atoms with Gasteiger partial charge in [0.2, 0.25) is 0 Å². The molecule has 3 rings (SSSR count). The molecule has 0 saturated heterocycles. The molecule has 25 heavy (non-hydrogen) atoms. The molecule has 0 radical (unpaired) electrons. The molecule has 1 atom stereocenters. The quantitative estimate of drug-likeness (QED) is 0.832. The highest BCUT2D eigenvalue weighted by molar-refractivity contribution is 6.04. The maximum Gasteiger partial charge on any atom is 0.277 e. The van der Waals surface area contributed by atoms with E-state index in [1.165, 1.54) is 0 Å². The first-order valence-corrected chi connectivity index (χ1v) is 7.90. The van der Waals surface area contributed by atoms with Crippen molar-refractivity contribution in [3.8, 4) is 5.75 Å². The third-order valence-corrected chi connectivity index (χ3v) is 3.72. The number of hydrogen-bond donors (Lipinski definition) is 2. The van der Waals surface area contributed by atoms with Crippen molar-refractivity contribution in [2.24, 2.45) is 0 Å². The highest BCUT2D eigenvalue weighted by atomic mass is 16.5. The lowest BCUT2D eigenvalue weighted by Crippen LogP contribution is -2.34. The number of carbonyl (C=O) groups is 2. The fraction of sp³-hybridized carbons (Fsp3) is 0.375. The number of benzene rings is 1. The molecule has 1 aliphatic heterocycles. The van der Waals surface area contributed by atoms with E-state index in [0.29, 0.717) is 23.7 Å². The van der Waals surface area contributed by atoms with Crippen molar-refractivity contribution < 1.29 is 14.3 Å². The molecule has 0 saturated carbocycles. The van der Waals surface area contributed by atoms with Gasteiger partial charge in [0, 0.05) is 12.2 Å². The van der Waals surface area contributed by atoms with Gasteiger partial charge in [-0.15, -0.1) is 5.10 Å². The number of ether oxygens (including phenoxy) is 1. The maximum atomic E-state index is 12.3. The van der Waals surface area contributed by atoms with E-state index < -0.39 is 6.10 Å². The van der Waals surface area contributed by atoms with Gasteiger partial charge in [-0.05, 0) is 39.2 Å². The Labute approximate surface area is 144 Å². The second-order valence-corrected chi connectivity index (χ2v) is 6.08. The molecule has 9 heteroatoms. The Morgan fingerprint density at radius 1 is 1.44 bits per heavy atom. The molecular formula is C16H20N6O3. The Kier molecular flexibility index (Phi) is 4.66. The lowest BCUT2D eigenvalue weighted by Gasteiger charge is -2.23. The zero-order valence-corrected chi connectivity index (χ0v) is 14.3. The van der Waals surface area contributed by atoms with E-state index in [4.69, 9.17) is 4.74 Å². The summed E-state index contributed by atoms with van der Waals surface area (Å²) in [5.74, 6) is -0.0213.